The molecule has 156 valence electrons. The zero-order valence-corrected chi connectivity index (χ0v) is 18.9. The molecule has 3 aromatic carbocycles. The van der Waals surface area contributed by atoms with Crippen LogP contribution < -0.4 is 5.32 Å². The first-order valence-corrected chi connectivity index (χ1v) is 10.4. The van der Waals surface area contributed by atoms with Crippen LogP contribution in [0.15, 0.2) is 57.4 Å². The van der Waals surface area contributed by atoms with Crippen molar-refractivity contribution in [2.75, 3.05) is 5.32 Å². The van der Waals surface area contributed by atoms with Gasteiger partial charge in [-0.05, 0) is 42.8 Å². The molecule has 0 spiro atoms. The van der Waals surface area contributed by atoms with Gasteiger partial charge >= 0.3 is 0 Å². The van der Waals surface area contributed by atoms with Crippen LogP contribution >= 0.6 is 39.1 Å². The quantitative estimate of drug-likeness (QED) is 0.230. The van der Waals surface area contributed by atoms with E-state index in [4.69, 9.17) is 27.6 Å². The highest BCUT2D eigenvalue weighted by Crippen LogP contribution is 2.35. The monoisotopic (exact) mass is 519 g/mol. The zero-order chi connectivity index (χ0) is 22.3. The SMILES string of the molecule is Cc1c(NC(=O)c2ccc([N+](=O)[O-])cc2Cl)cc(Br)cc1-c1nc2ccc(Cl)cc2o1. The molecule has 1 aromatic heterocycles. The van der Waals surface area contributed by atoms with Gasteiger partial charge in [-0.25, -0.2) is 4.98 Å². The molecular weight excluding hydrogens is 509 g/mol. The standard InChI is InChI=1S/C21H12BrCl2N3O4/c1-10-15(21-26-17-5-2-12(23)8-19(17)31-21)6-11(22)7-18(10)25-20(28)14-4-3-13(27(29)30)9-16(14)24/h2-9H,1H3,(H,25,28). The van der Waals surface area contributed by atoms with E-state index in [0.29, 0.717) is 43.3 Å². The highest BCUT2D eigenvalue weighted by Gasteiger charge is 2.19. The number of fused-ring (bicyclic) bond motifs is 1. The smallest absolute Gasteiger partial charge is 0.270 e. The number of hydrogen-bond acceptors (Lipinski definition) is 5. The van der Waals surface area contributed by atoms with Crippen molar-refractivity contribution in [1.29, 1.82) is 0 Å². The summed E-state index contributed by atoms with van der Waals surface area (Å²) >= 11 is 15.5. The van der Waals surface area contributed by atoms with Gasteiger partial charge in [0.25, 0.3) is 11.6 Å². The van der Waals surface area contributed by atoms with Crippen LogP contribution in [0.25, 0.3) is 22.6 Å². The Balaban J connectivity index is 1.70. The van der Waals surface area contributed by atoms with Gasteiger partial charge in [-0.2, -0.15) is 0 Å². The Morgan fingerprint density at radius 3 is 2.65 bits per heavy atom. The Hall–Kier alpha value is -2.94. The molecule has 0 bridgehead atoms. The van der Waals surface area contributed by atoms with Crippen LogP contribution in [0.1, 0.15) is 15.9 Å². The number of nitrogens with zero attached hydrogens (tertiary/aromatic N) is 2. The van der Waals surface area contributed by atoms with Gasteiger partial charge in [0.15, 0.2) is 5.58 Å². The Morgan fingerprint density at radius 2 is 1.94 bits per heavy atom. The van der Waals surface area contributed by atoms with Crippen molar-refractivity contribution in [3.05, 3.63) is 84.3 Å². The molecule has 0 saturated heterocycles. The zero-order valence-electron chi connectivity index (χ0n) is 15.8. The summed E-state index contributed by atoms with van der Waals surface area (Å²) in [5.74, 6) is -0.128. The topological polar surface area (TPSA) is 98.3 Å². The number of aromatic nitrogens is 1. The average molecular weight is 521 g/mol. The number of oxazole rings is 1. The predicted octanol–water partition coefficient (Wildman–Crippen LogP) is 7.03. The van der Waals surface area contributed by atoms with Crippen LogP contribution in [0.3, 0.4) is 0 Å². The number of carbonyl (C=O) groups excluding carboxylic acids is 1. The number of nitro groups is 1. The molecule has 0 atom stereocenters. The second kappa shape index (κ2) is 8.30. The number of hydrogen-bond donors (Lipinski definition) is 1. The van der Waals surface area contributed by atoms with Gasteiger partial charge in [-0.3, -0.25) is 14.9 Å². The summed E-state index contributed by atoms with van der Waals surface area (Å²) in [7, 11) is 0. The third kappa shape index (κ3) is 4.27. The van der Waals surface area contributed by atoms with Gasteiger partial charge in [0.2, 0.25) is 5.89 Å². The van der Waals surface area contributed by atoms with Crippen molar-refractivity contribution in [3.8, 4) is 11.5 Å². The first-order chi connectivity index (χ1) is 14.7. The second-order valence-electron chi connectivity index (χ2n) is 6.63. The molecule has 0 saturated carbocycles. The predicted molar refractivity (Wildman–Crippen MR) is 123 cm³/mol. The molecule has 1 N–H and O–H groups in total. The summed E-state index contributed by atoms with van der Waals surface area (Å²) in [5, 5.41) is 14.2. The number of nitrogens with one attached hydrogen (secondary N) is 1. The maximum atomic E-state index is 12.8. The van der Waals surface area contributed by atoms with E-state index in [1.165, 1.54) is 12.1 Å². The highest BCUT2D eigenvalue weighted by molar-refractivity contribution is 9.10. The number of halogens is 3. The third-order valence-electron chi connectivity index (χ3n) is 4.61. The van der Waals surface area contributed by atoms with E-state index in [9.17, 15) is 14.9 Å². The molecule has 1 heterocycles. The van der Waals surface area contributed by atoms with E-state index in [1.54, 1.807) is 24.3 Å². The number of non-ortho nitro benzene ring substituents is 1. The molecule has 4 rings (SSSR count). The van der Waals surface area contributed by atoms with Crippen LogP contribution in [0.5, 0.6) is 0 Å². The fourth-order valence-corrected chi connectivity index (χ4v) is 3.92. The Kier molecular flexibility index (Phi) is 5.70. The Bertz CT molecular complexity index is 1370. The van der Waals surface area contributed by atoms with Crippen molar-refractivity contribution in [2.24, 2.45) is 0 Å². The minimum Gasteiger partial charge on any atom is -0.436 e. The lowest BCUT2D eigenvalue weighted by Crippen LogP contribution is -2.14. The van der Waals surface area contributed by atoms with Gasteiger partial charge in [0.05, 0.1) is 15.5 Å². The first-order valence-electron chi connectivity index (χ1n) is 8.85. The largest absolute Gasteiger partial charge is 0.436 e. The molecule has 0 unspecified atom stereocenters. The molecule has 0 aliphatic heterocycles. The van der Waals surface area contributed by atoms with E-state index in [2.05, 4.69) is 26.2 Å². The number of benzene rings is 3. The van der Waals surface area contributed by atoms with Crippen LogP contribution in [0.2, 0.25) is 10.0 Å². The molecular formula is C21H12BrCl2N3O4. The number of carbonyl (C=O) groups is 1. The molecule has 7 nitrogen and oxygen atoms in total. The van der Waals surface area contributed by atoms with E-state index in [0.717, 1.165) is 6.07 Å². The molecule has 0 aliphatic carbocycles. The minimum atomic E-state index is -0.578. The lowest BCUT2D eigenvalue weighted by atomic mass is 10.1. The molecule has 4 aromatic rings. The average Bonchev–Trinajstić information content (AvgIpc) is 3.13. The fourth-order valence-electron chi connectivity index (χ4n) is 3.04. The summed E-state index contributed by atoms with van der Waals surface area (Å²) in [5.41, 5.74) is 3.01. The van der Waals surface area contributed by atoms with Crippen molar-refractivity contribution >= 4 is 67.5 Å². The maximum Gasteiger partial charge on any atom is 0.270 e. The van der Waals surface area contributed by atoms with Crippen LogP contribution in [-0.2, 0) is 0 Å². The number of anilines is 1. The van der Waals surface area contributed by atoms with Crippen molar-refractivity contribution in [1.82, 2.24) is 4.98 Å². The summed E-state index contributed by atoms with van der Waals surface area (Å²) in [6.07, 6.45) is 0. The summed E-state index contributed by atoms with van der Waals surface area (Å²) in [6, 6.07) is 12.4. The summed E-state index contributed by atoms with van der Waals surface area (Å²) in [4.78, 5) is 27.6. The van der Waals surface area contributed by atoms with Gasteiger partial charge in [-0.15, -0.1) is 0 Å². The molecule has 0 fully saturated rings. The second-order valence-corrected chi connectivity index (χ2v) is 8.39. The van der Waals surface area contributed by atoms with Crippen LogP contribution in [-0.4, -0.2) is 15.8 Å². The highest BCUT2D eigenvalue weighted by atomic mass is 79.9. The van der Waals surface area contributed by atoms with Crippen molar-refractivity contribution in [2.45, 2.75) is 6.92 Å². The van der Waals surface area contributed by atoms with Crippen molar-refractivity contribution in [3.63, 3.8) is 0 Å². The van der Waals surface area contributed by atoms with Gasteiger partial charge in [0.1, 0.15) is 5.52 Å². The van der Waals surface area contributed by atoms with E-state index in [1.807, 2.05) is 13.0 Å². The van der Waals surface area contributed by atoms with E-state index >= 15 is 0 Å². The van der Waals surface area contributed by atoms with Crippen molar-refractivity contribution < 1.29 is 14.1 Å². The lowest BCUT2D eigenvalue weighted by molar-refractivity contribution is -0.384. The number of nitro benzene ring substituents is 1. The summed E-state index contributed by atoms with van der Waals surface area (Å²) in [6.45, 7) is 1.82. The third-order valence-corrected chi connectivity index (χ3v) is 5.62. The van der Waals surface area contributed by atoms with E-state index < -0.39 is 10.8 Å². The Labute approximate surface area is 194 Å². The number of amides is 1. The summed E-state index contributed by atoms with van der Waals surface area (Å²) < 4.78 is 6.55. The number of rotatable bonds is 4. The lowest BCUT2D eigenvalue weighted by Gasteiger charge is -2.13. The maximum absolute atomic E-state index is 12.8. The molecule has 31 heavy (non-hydrogen) atoms. The van der Waals surface area contributed by atoms with Crippen LogP contribution in [0, 0.1) is 17.0 Å². The van der Waals surface area contributed by atoms with Gasteiger partial charge in [-0.1, -0.05) is 39.1 Å². The van der Waals surface area contributed by atoms with E-state index in [-0.39, 0.29) is 16.3 Å². The fraction of sp³-hybridized carbons (Fsp3) is 0.0476. The van der Waals surface area contributed by atoms with Gasteiger partial charge in [0, 0.05) is 38.9 Å². The normalized spacial score (nSPS) is 11.0. The Morgan fingerprint density at radius 1 is 1.16 bits per heavy atom. The first kappa shape index (κ1) is 21.3. The molecule has 10 heteroatoms. The molecule has 0 radical (unpaired) electrons. The van der Waals surface area contributed by atoms with Crippen LogP contribution in [0.4, 0.5) is 11.4 Å². The van der Waals surface area contributed by atoms with Gasteiger partial charge < -0.3 is 9.73 Å². The molecule has 0 aliphatic rings. The molecule has 1 amide bonds. The minimum absolute atomic E-state index is 0.0181.